The van der Waals surface area contributed by atoms with Gasteiger partial charge in [0.1, 0.15) is 5.75 Å². The molecule has 0 aliphatic rings. The van der Waals surface area contributed by atoms with Gasteiger partial charge in [-0.15, -0.1) is 0 Å². The number of carbonyl (C=O) groups excluding carboxylic acids is 2. The quantitative estimate of drug-likeness (QED) is 0.586. The van der Waals surface area contributed by atoms with Crippen molar-refractivity contribution in [1.82, 2.24) is 5.32 Å². The number of benzene rings is 2. The van der Waals surface area contributed by atoms with E-state index in [2.05, 4.69) is 24.5 Å². The summed E-state index contributed by atoms with van der Waals surface area (Å²) < 4.78 is 16.5. The van der Waals surface area contributed by atoms with E-state index in [1.807, 2.05) is 0 Å². The van der Waals surface area contributed by atoms with Crippen molar-refractivity contribution >= 4 is 29.1 Å². The predicted molar refractivity (Wildman–Crippen MR) is 117 cm³/mol. The standard InChI is InChI=1S/C22H27ClN2O5/c1-14(2)8-9-29-21-18(23)10-15(11-19(21)28-4)22(27)25-16-6-5-7-17(12-16)30-13-20(26)24-3/h5-7,10-12,14H,8-9,13H2,1-4H3,(H,24,26)(H,25,27). The van der Waals surface area contributed by atoms with Crippen LogP contribution in [-0.4, -0.2) is 39.2 Å². The van der Waals surface area contributed by atoms with Gasteiger partial charge < -0.3 is 24.8 Å². The Morgan fingerprint density at radius 3 is 2.57 bits per heavy atom. The van der Waals surface area contributed by atoms with Crippen LogP contribution in [0.1, 0.15) is 30.6 Å². The molecule has 2 N–H and O–H groups in total. The summed E-state index contributed by atoms with van der Waals surface area (Å²) in [5.74, 6) is 1.14. The van der Waals surface area contributed by atoms with Crippen molar-refractivity contribution in [2.24, 2.45) is 5.92 Å². The first kappa shape index (κ1) is 23.3. The number of nitrogens with one attached hydrogen (secondary N) is 2. The highest BCUT2D eigenvalue weighted by molar-refractivity contribution is 6.32. The van der Waals surface area contributed by atoms with Gasteiger partial charge in [0.05, 0.1) is 18.7 Å². The van der Waals surface area contributed by atoms with Crippen LogP contribution in [0.15, 0.2) is 36.4 Å². The summed E-state index contributed by atoms with van der Waals surface area (Å²) in [6, 6.07) is 9.87. The van der Waals surface area contributed by atoms with Crippen LogP contribution in [-0.2, 0) is 4.79 Å². The Morgan fingerprint density at radius 1 is 1.13 bits per heavy atom. The number of ether oxygens (including phenoxy) is 3. The van der Waals surface area contributed by atoms with Crippen LogP contribution in [0.5, 0.6) is 17.2 Å². The van der Waals surface area contributed by atoms with Crippen LogP contribution >= 0.6 is 11.6 Å². The largest absolute Gasteiger partial charge is 0.493 e. The maximum atomic E-state index is 12.7. The summed E-state index contributed by atoms with van der Waals surface area (Å²) in [4.78, 5) is 24.0. The number of hydrogen-bond donors (Lipinski definition) is 2. The maximum Gasteiger partial charge on any atom is 0.257 e. The molecule has 0 fully saturated rings. The van der Waals surface area contributed by atoms with Gasteiger partial charge in [0.2, 0.25) is 0 Å². The number of carbonyl (C=O) groups is 2. The highest BCUT2D eigenvalue weighted by Gasteiger charge is 2.16. The zero-order valence-electron chi connectivity index (χ0n) is 17.6. The van der Waals surface area contributed by atoms with Gasteiger partial charge in [-0.3, -0.25) is 9.59 Å². The zero-order chi connectivity index (χ0) is 22.1. The van der Waals surface area contributed by atoms with Crippen molar-refractivity contribution in [1.29, 1.82) is 0 Å². The molecular weight excluding hydrogens is 408 g/mol. The van der Waals surface area contributed by atoms with Gasteiger partial charge >= 0.3 is 0 Å². The molecule has 30 heavy (non-hydrogen) atoms. The zero-order valence-corrected chi connectivity index (χ0v) is 18.3. The number of anilines is 1. The monoisotopic (exact) mass is 434 g/mol. The number of halogens is 1. The van der Waals surface area contributed by atoms with E-state index < -0.39 is 0 Å². The van der Waals surface area contributed by atoms with Crippen LogP contribution in [0.25, 0.3) is 0 Å². The Balaban J connectivity index is 2.11. The highest BCUT2D eigenvalue weighted by Crippen LogP contribution is 2.37. The molecule has 8 heteroatoms. The average molecular weight is 435 g/mol. The molecule has 2 aromatic carbocycles. The molecule has 0 aliphatic heterocycles. The molecule has 0 spiro atoms. The van der Waals surface area contributed by atoms with Gasteiger partial charge in [0, 0.05) is 24.4 Å². The number of likely N-dealkylation sites (N-methyl/N-ethyl adjacent to an activating group) is 1. The summed E-state index contributed by atoms with van der Waals surface area (Å²) in [5, 5.41) is 5.55. The molecule has 0 aliphatic carbocycles. The third kappa shape index (κ3) is 6.84. The predicted octanol–water partition coefficient (Wildman–Crippen LogP) is 4.15. The summed E-state index contributed by atoms with van der Waals surface area (Å²) in [6.45, 7) is 4.60. The van der Waals surface area contributed by atoms with E-state index in [0.29, 0.717) is 46.0 Å². The van der Waals surface area contributed by atoms with E-state index in [1.165, 1.54) is 20.2 Å². The lowest BCUT2D eigenvalue weighted by atomic mass is 10.1. The van der Waals surface area contributed by atoms with Crippen LogP contribution in [0.3, 0.4) is 0 Å². The van der Waals surface area contributed by atoms with Crippen molar-refractivity contribution in [2.45, 2.75) is 20.3 Å². The first-order valence-electron chi connectivity index (χ1n) is 9.59. The SMILES string of the molecule is CNC(=O)COc1cccc(NC(=O)c2cc(Cl)c(OCCC(C)C)c(OC)c2)c1. The van der Waals surface area contributed by atoms with Gasteiger partial charge in [0.15, 0.2) is 18.1 Å². The molecular formula is C22H27ClN2O5. The van der Waals surface area contributed by atoms with E-state index in [9.17, 15) is 9.59 Å². The molecule has 7 nitrogen and oxygen atoms in total. The van der Waals surface area contributed by atoms with Gasteiger partial charge in [-0.05, 0) is 36.6 Å². The third-order valence-corrected chi connectivity index (χ3v) is 4.45. The highest BCUT2D eigenvalue weighted by atomic mass is 35.5. The second-order valence-electron chi connectivity index (χ2n) is 6.96. The fourth-order valence-electron chi connectivity index (χ4n) is 2.48. The Hall–Kier alpha value is -2.93. The number of rotatable bonds is 10. The second-order valence-corrected chi connectivity index (χ2v) is 7.37. The number of methoxy groups -OCH3 is 1. The lowest BCUT2D eigenvalue weighted by Gasteiger charge is -2.15. The van der Waals surface area contributed by atoms with E-state index in [4.69, 9.17) is 25.8 Å². The molecule has 0 atom stereocenters. The van der Waals surface area contributed by atoms with Crippen LogP contribution in [0.4, 0.5) is 5.69 Å². The van der Waals surface area contributed by atoms with Gasteiger partial charge in [-0.25, -0.2) is 0 Å². The van der Waals surface area contributed by atoms with Crippen molar-refractivity contribution in [3.63, 3.8) is 0 Å². The van der Waals surface area contributed by atoms with Gasteiger partial charge in [0.25, 0.3) is 11.8 Å². The van der Waals surface area contributed by atoms with E-state index in [-0.39, 0.29) is 18.4 Å². The molecule has 2 rings (SSSR count). The van der Waals surface area contributed by atoms with Crippen LogP contribution < -0.4 is 24.8 Å². The summed E-state index contributed by atoms with van der Waals surface area (Å²) in [7, 11) is 3.03. The molecule has 2 amide bonds. The topological polar surface area (TPSA) is 85.9 Å². The molecule has 0 heterocycles. The Labute approximate surface area is 181 Å². The van der Waals surface area contributed by atoms with Crippen molar-refractivity contribution < 1.29 is 23.8 Å². The lowest BCUT2D eigenvalue weighted by molar-refractivity contribution is -0.122. The van der Waals surface area contributed by atoms with Crippen LogP contribution in [0, 0.1) is 5.92 Å². The molecule has 0 radical (unpaired) electrons. The first-order chi connectivity index (χ1) is 14.3. The fourth-order valence-corrected chi connectivity index (χ4v) is 2.74. The van der Waals surface area contributed by atoms with Crippen molar-refractivity contribution in [3.05, 3.63) is 47.0 Å². The summed E-state index contributed by atoms with van der Waals surface area (Å²) >= 11 is 6.34. The number of hydrogen-bond acceptors (Lipinski definition) is 5. The Kier molecular flexibility index (Phi) is 8.80. The second kappa shape index (κ2) is 11.3. The van der Waals surface area contributed by atoms with E-state index >= 15 is 0 Å². The minimum atomic E-state index is -0.368. The minimum absolute atomic E-state index is 0.112. The van der Waals surface area contributed by atoms with Gasteiger partial charge in [-0.2, -0.15) is 0 Å². The molecule has 2 aromatic rings. The molecule has 162 valence electrons. The molecule has 0 unspecified atom stereocenters. The first-order valence-corrected chi connectivity index (χ1v) is 9.97. The molecule has 0 aromatic heterocycles. The smallest absolute Gasteiger partial charge is 0.257 e. The molecule has 0 saturated carbocycles. The van der Waals surface area contributed by atoms with Crippen LogP contribution in [0.2, 0.25) is 5.02 Å². The lowest BCUT2D eigenvalue weighted by Crippen LogP contribution is -2.24. The van der Waals surface area contributed by atoms with E-state index in [1.54, 1.807) is 30.3 Å². The maximum absolute atomic E-state index is 12.7. The van der Waals surface area contributed by atoms with E-state index in [0.717, 1.165) is 6.42 Å². The van der Waals surface area contributed by atoms with Gasteiger partial charge in [-0.1, -0.05) is 31.5 Å². The van der Waals surface area contributed by atoms with Crippen molar-refractivity contribution in [3.8, 4) is 17.2 Å². The molecule has 0 saturated heterocycles. The summed E-state index contributed by atoms with van der Waals surface area (Å²) in [6.07, 6.45) is 0.875. The average Bonchev–Trinajstić information content (AvgIpc) is 2.72. The normalized spacial score (nSPS) is 10.5. The Bertz CT molecular complexity index is 886. The fraction of sp³-hybridized carbons (Fsp3) is 0.364. The minimum Gasteiger partial charge on any atom is -0.493 e. The third-order valence-electron chi connectivity index (χ3n) is 4.17. The summed E-state index contributed by atoms with van der Waals surface area (Å²) in [5.41, 5.74) is 0.839. The molecule has 0 bridgehead atoms. The Morgan fingerprint density at radius 2 is 1.90 bits per heavy atom. The number of amides is 2. The van der Waals surface area contributed by atoms with Crippen molar-refractivity contribution in [2.75, 3.05) is 32.7 Å².